The zero-order valence-electron chi connectivity index (χ0n) is 18.9. The molecule has 0 radical (unpaired) electrons. The van der Waals surface area contributed by atoms with E-state index < -0.39 is 0 Å². The lowest BCUT2D eigenvalue weighted by Gasteiger charge is -2.28. The standard InChI is InChI=1S/C24H48N2O/c1-5-7-8-9-10-11-12-13-14-15-16-17-18-20-24(27)25-21-19-23-26(3,4)22-6-2/h6H,2,5,7-23H2,1,3-4H3/p+1. The molecule has 3 heteroatoms. The molecule has 1 N–H and O–H groups in total. The van der Waals surface area contributed by atoms with Crippen LogP contribution in [0.25, 0.3) is 0 Å². The van der Waals surface area contributed by atoms with Gasteiger partial charge in [-0.25, -0.2) is 0 Å². The first-order valence-corrected chi connectivity index (χ1v) is 11.7. The van der Waals surface area contributed by atoms with Gasteiger partial charge in [0.2, 0.25) is 5.91 Å². The van der Waals surface area contributed by atoms with Crippen LogP contribution in [0.1, 0.15) is 103 Å². The maximum Gasteiger partial charge on any atom is 0.219 e. The highest BCUT2D eigenvalue weighted by Gasteiger charge is 2.11. The Morgan fingerprint density at radius 1 is 0.815 bits per heavy atom. The number of hydrogen-bond acceptors (Lipinski definition) is 1. The SMILES string of the molecule is C=CC[N+](C)(C)CCCNC(=O)CCCCCCCCCCCCCCC. The van der Waals surface area contributed by atoms with Gasteiger partial charge in [0.05, 0.1) is 27.2 Å². The van der Waals surface area contributed by atoms with Crippen LogP contribution in [0.15, 0.2) is 12.7 Å². The summed E-state index contributed by atoms with van der Waals surface area (Å²) < 4.78 is 0.943. The number of quaternary nitrogens is 1. The highest BCUT2D eigenvalue weighted by molar-refractivity contribution is 5.75. The molecule has 27 heavy (non-hydrogen) atoms. The molecule has 0 spiro atoms. The average molecular weight is 382 g/mol. The van der Waals surface area contributed by atoms with Gasteiger partial charge in [0, 0.05) is 19.4 Å². The third-order valence-corrected chi connectivity index (χ3v) is 5.39. The van der Waals surface area contributed by atoms with Crippen molar-refractivity contribution in [3.63, 3.8) is 0 Å². The summed E-state index contributed by atoms with van der Waals surface area (Å²) in [4.78, 5) is 11.9. The molecule has 0 aliphatic rings. The molecule has 160 valence electrons. The minimum atomic E-state index is 0.229. The fourth-order valence-electron chi connectivity index (χ4n) is 3.57. The van der Waals surface area contributed by atoms with Crippen LogP contribution in [0.5, 0.6) is 0 Å². The molecule has 0 saturated carbocycles. The molecule has 0 aromatic rings. The molecule has 0 unspecified atom stereocenters. The summed E-state index contributed by atoms with van der Waals surface area (Å²) in [5, 5.41) is 3.07. The van der Waals surface area contributed by atoms with E-state index in [4.69, 9.17) is 0 Å². The number of carbonyl (C=O) groups excluding carboxylic acids is 1. The largest absolute Gasteiger partial charge is 0.356 e. The van der Waals surface area contributed by atoms with Crippen LogP contribution in [-0.2, 0) is 4.79 Å². The minimum absolute atomic E-state index is 0.229. The first-order valence-electron chi connectivity index (χ1n) is 11.7. The fraction of sp³-hybridized carbons (Fsp3) is 0.875. The van der Waals surface area contributed by atoms with Crippen molar-refractivity contribution in [1.82, 2.24) is 5.32 Å². The lowest BCUT2D eigenvalue weighted by Crippen LogP contribution is -2.41. The Kier molecular flexibility index (Phi) is 18.0. The molecule has 1 amide bonds. The third-order valence-electron chi connectivity index (χ3n) is 5.39. The Morgan fingerprint density at radius 3 is 1.78 bits per heavy atom. The second-order valence-corrected chi connectivity index (χ2v) is 8.83. The van der Waals surface area contributed by atoms with E-state index in [-0.39, 0.29) is 5.91 Å². The molecule has 3 nitrogen and oxygen atoms in total. The second-order valence-electron chi connectivity index (χ2n) is 8.83. The molecule has 0 saturated heterocycles. The molecule has 0 fully saturated rings. The summed E-state index contributed by atoms with van der Waals surface area (Å²) in [5.74, 6) is 0.229. The van der Waals surface area contributed by atoms with E-state index in [1.54, 1.807) is 0 Å². The van der Waals surface area contributed by atoms with Crippen LogP contribution < -0.4 is 5.32 Å². The minimum Gasteiger partial charge on any atom is -0.356 e. The maximum absolute atomic E-state index is 11.9. The van der Waals surface area contributed by atoms with Gasteiger partial charge < -0.3 is 9.80 Å². The number of likely N-dealkylation sites (N-methyl/N-ethyl adjacent to an activating group) is 1. The van der Waals surface area contributed by atoms with Gasteiger partial charge in [0.15, 0.2) is 0 Å². The van der Waals surface area contributed by atoms with Crippen LogP contribution in [0.2, 0.25) is 0 Å². The number of carbonyl (C=O) groups is 1. The number of nitrogens with zero attached hydrogens (tertiary/aromatic N) is 1. The second kappa shape index (κ2) is 18.5. The van der Waals surface area contributed by atoms with Crippen molar-refractivity contribution in [3.05, 3.63) is 12.7 Å². The molecular weight excluding hydrogens is 332 g/mol. The lowest BCUT2D eigenvalue weighted by molar-refractivity contribution is -0.884. The van der Waals surface area contributed by atoms with Gasteiger partial charge >= 0.3 is 0 Å². The quantitative estimate of drug-likeness (QED) is 0.151. The van der Waals surface area contributed by atoms with E-state index in [2.05, 4.69) is 32.9 Å². The molecule has 0 aliphatic heterocycles. The van der Waals surface area contributed by atoms with Crippen LogP contribution in [0, 0.1) is 0 Å². The van der Waals surface area contributed by atoms with Crippen LogP contribution >= 0.6 is 0 Å². The van der Waals surface area contributed by atoms with E-state index >= 15 is 0 Å². The van der Waals surface area contributed by atoms with E-state index in [0.717, 1.165) is 37.0 Å². The molecular formula is C24H49N2O+. The van der Waals surface area contributed by atoms with Crippen LogP contribution in [0.4, 0.5) is 0 Å². The summed E-state index contributed by atoms with van der Waals surface area (Å²) in [7, 11) is 4.41. The first-order chi connectivity index (χ1) is 13.0. The zero-order valence-corrected chi connectivity index (χ0v) is 18.9. The van der Waals surface area contributed by atoms with Crippen molar-refractivity contribution < 1.29 is 9.28 Å². The predicted molar refractivity (Wildman–Crippen MR) is 120 cm³/mol. The van der Waals surface area contributed by atoms with Gasteiger partial charge in [0.1, 0.15) is 0 Å². The molecule has 0 bridgehead atoms. The molecule has 0 heterocycles. The van der Waals surface area contributed by atoms with Gasteiger partial charge in [-0.2, -0.15) is 0 Å². The normalized spacial score (nSPS) is 11.5. The summed E-state index contributed by atoms with van der Waals surface area (Å²) in [5.41, 5.74) is 0. The van der Waals surface area contributed by atoms with E-state index in [1.165, 1.54) is 77.0 Å². The number of nitrogens with one attached hydrogen (secondary N) is 1. The summed E-state index contributed by atoms with van der Waals surface area (Å²) >= 11 is 0. The van der Waals surface area contributed by atoms with Crippen molar-refractivity contribution in [2.75, 3.05) is 33.7 Å². The van der Waals surface area contributed by atoms with Crippen molar-refractivity contribution in [3.8, 4) is 0 Å². The Balaban J connectivity index is 3.29. The predicted octanol–water partition coefficient (Wildman–Crippen LogP) is 6.24. The van der Waals surface area contributed by atoms with E-state index in [1.807, 2.05) is 6.08 Å². The van der Waals surface area contributed by atoms with Gasteiger partial charge in [-0.3, -0.25) is 4.79 Å². The van der Waals surface area contributed by atoms with E-state index in [9.17, 15) is 4.79 Å². The van der Waals surface area contributed by atoms with Gasteiger partial charge in [-0.15, -0.1) is 0 Å². The number of unbranched alkanes of at least 4 members (excludes halogenated alkanes) is 12. The monoisotopic (exact) mass is 381 g/mol. The van der Waals surface area contributed by atoms with Gasteiger partial charge in [0.25, 0.3) is 0 Å². The Morgan fingerprint density at radius 2 is 1.30 bits per heavy atom. The molecule has 0 atom stereocenters. The molecule has 0 aromatic heterocycles. The molecule has 0 rings (SSSR count). The highest BCUT2D eigenvalue weighted by Crippen LogP contribution is 2.12. The Hall–Kier alpha value is -0.830. The maximum atomic E-state index is 11.9. The first kappa shape index (κ1) is 26.2. The summed E-state index contributed by atoms with van der Waals surface area (Å²) in [6, 6.07) is 0. The van der Waals surface area contributed by atoms with Crippen LogP contribution in [-0.4, -0.2) is 44.1 Å². The summed E-state index contributed by atoms with van der Waals surface area (Å²) in [6.07, 6.45) is 21.2. The fourth-order valence-corrected chi connectivity index (χ4v) is 3.57. The third kappa shape index (κ3) is 19.7. The van der Waals surface area contributed by atoms with Crippen molar-refractivity contribution in [2.24, 2.45) is 0 Å². The van der Waals surface area contributed by atoms with Crippen molar-refractivity contribution in [2.45, 2.75) is 103 Å². The van der Waals surface area contributed by atoms with Crippen LogP contribution in [0.3, 0.4) is 0 Å². The molecule has 0 aliphatic carbocycles. The van der Waals surface area contributed by atoms with Gasteiger partial charge in [-0.1, -0.05) is 90.6 Å². The average Bonchev–Trinajstić information content (AvgIpc) is 2.62. The van der Waals surface area contributed by atoms with E-state index in [0.29, 0.717) is 6.42 Å². The summed E-state index contributed by atoms with van der Waals surface area (Å²) in [6.45, 7) is 8.93. The Labute approximate surface area is 170 Å². The topological polar surface area (TPSA) is 29.1 Å². The molecule has 0 aromatic carbocycles. The zero-order chi connectivity index (χ0) is 20.2. The van der Waals surface area contributed by atoms with Gasteiger partial charge in [-0.05, 0) is 12.5 Å². The number of amides is 1. The van der Waals surface area contributed by atoms with Crippen molar-refractivity contribution >= 4 is 5.91 Å². The number of hydrogen-bond donors (Lipinski definition) is 1. The van der Waals surface area contributed by atoms with Crippen molar-refractivity contribution in [1.29, 1.82) is 0 Å². The Bertz CT molecular complexity index is 352. The smallest absolute Gasteiger partial charge is 0.219 e. The lowest BCUT2D eigenvalue weighted by atomic mass is 10.0. The highest BCUT2D eigenvalue weighted by atomic mass is 16.1. The number of rotatable bonds is 20.